The second-order valence-corrected chi connectivity index (χ2v) is 2.73. The second-order valence-electron chi connectivity index (χ2n) is 2.73. The quantitative estimate of drug-likeness (QED) is 0.421. The summed E-state index contributed by atoms with van der Waals surface area (Å²) < 4.78 is 10.2. The third kappa shape index (κ3) is 7.82. The first-order valence-corrected chi connectivity index (χ1v) is 4.45. The molecule has 0 bridgehead atoms. The van der Waals surface area contributed by atoms with Gasteiger partial charge in [-0.3, -0.25) is 0 Å². The molecule has 2 heteroatoms. The molecule has 0 radical (unpaired) electrons. The van der Waals surface area contributed by atoms with Gasteiger partial charge in [-0.05, 0) is 13.3 Å². The third-order valence-electron chi connectivity index (χ3n) is 1.68. The van der Waals surface area contributed by atoms with E-state index in [0.29, 0.717) is 0 Å². The molecule has 2 nitrogen and oxygen atoms in total. The Morgan fingerprint density at radius 3 is 2.45 bits per heavy atom. The van der Waals surface area contributed by atoms with Crippen molar-refractivity contribution >= 4 is 0 Å². The SMILES string of the molecule is CCCCCCOC(C)OC. The van der Waals surface area contributed by atoms with E-state index in [9.17, 15) is 0 Å². The molecular formula is C9H20O2. The van der Waals surface area contributed by atoms with Gasteiger partial charge in [0.05, 0.1) is 0 Å². The fraction of sp³-hybridized carbons (Fsp3) is 1.00. The van der Waals surface area contributed by atoms with E-state index in [4.69, 9.17) is 9.47 Å². The highest BCUT2D eigenvalue weighted by atomic mass is 16.7. The topological polar surface area (TPSA) is 18.5 Å². The Bertz CT molecular complexity index is 74.0. The van der Waals surface area contributed by atoms with Gasteiger partial charge in [0.15, 0.2) is 6.29 Å². The van der Waals surface area contributed by atoms with Crippen LogP contribution in [0.3, 0.4) is 0 Å². The van der Waals surface area contributed by atoms with Gasteiger partial charge in [0, 0.05) is 13.7 Å². The molecule has 0 saturated heterocycles. The largest absolute Gasteiger partial charge is 0.356 e. The first kappa shape index (κ1) is 10.9. The van der Waals surface area contributed by atoms with Crippen LogP contribution in [-0.4, -0.2) is 20.0 Å². The summed E-state index contributed by atoms with van der Waals surface area (Å²) in [7, 11) is 1.66. The lowest BCUT2D eigenvalue weighted by atomic mass is 10.2. The van der Waals surface area contributed by atoms with E-state index in [2.05, 4.69) is 6.92 Å². The van der Waals surface area contributed by atoms with E-state index in [0.717, 1.165) is 13.0 Å². The van der Waals surface area contributed by atoms with Crippen molar-refractivity contribution in [2.24, 2.45) is 0 Å². The zero-order valence-electron chi connectivity index (χ0n) is 7.93. The maximum absolute atomic E-state index is 5.32. The summed E-state index contributed by atoms with van der Waals surface area (Å²) in [5, 5.41) is 0. The molecule has 0 aliphatic rings. The van der Waals surface area contributed by atoms with Crippen LogP contribution in [0.1, 0.15) is 39.5 Å². The fourth-order valence-corrected chi connectivity index (χ4v) is 0.846. The maximum Gasteiger partial charge on any atom is 0.154 e. The highest BCUT2D eigenvalue weighted by Gasteiger charge is 1.96. The highest BCUT2D eigenvalue weighted by molar-refractivity contribution is 4.39. The van der Waals surface area contributed by atoms with Crippen molar-refractivity contribution in [2.45, 2.75) is 45.8 Å². The zero-order valence-corrected chi connectivity index (χ0v) is 7.93. The Hall–Kier alpha value is -0.0800. The molecular weight excluding hydrogens is 140 g/mol. The van der Waals surface area contributed by atoms with E-state index in [1.807, 2.05) is 6.92 Å². The normalized spacial score (nSPS) is 13.4. The number of methoxy groups -OCH3 is 1. The summed E-state index contributed by atoms with van der Waals surface area (Å²) in [5.41, 5.74) is 0. The average molecular weight is 160 g/mol. The summed E-state index contributed by atoms with van der Waals surface area (Å²) in [6.45, 7) is 4.95. The molecule has 0 heterocycles. The lowest BCUT2D eigenvalue weighted by Crippen LogP contribution is -2.10. The lowest BCUT2D eigenvalue weighted by molar-refractivity contribution is -0.111. The Kier molecular flexibility index (Phi) is 7.96. The fourth-order valence-electron chi connectivity index (χ4n) is 0.846. The molecule has 1 unspecified atom stereocenters. The van der Waals surface area contributed by atoms with Crippen molar-refractivity contribution in [3.8, 4) is 0 Å². The van der Waals surface area contributed by atoms with Crippen molar-refractivity contribution in [1.29, 1.82) is 0 Å². The van der Waals surface area contributed by atoms with Crippen LogP contribution in [0.2, 0.25) is 0 Å². The number of rotatable bonds is 7. The van der Waals surface area contributed by atoms with Crippen LogP contribution >= 0.6 is 0 Å². The van der Waals surface area contributed by atoms with Crippen LogP contribution in [0.4, 0.5) is 0 Å². The highest BCUT2D eigenvalue weighted by Crippen LogP contribution is 2.00. The first-order chi connectivity index (χ1) is 5.31. The molecule has 0 aliphatic heterocycles. The van der Waals surface area contributed by atoms with Gasteiger partial charge < -0.3 is 9.47 Å². The Labute approximate surface area is 69.9 Å². The second kappa shape index (κ2) is 8.02. The van der Waals surface area contributed by atoms with E-state index >= 15 is 0 Å². The van der Waals surface area contributed by atoms with Crippen LogP contribution in [0.15, 0.2) is 0 Å². The molecule has 0 spiro atoms. The number of hydrogen-bond donors (Lipinski definition) is 0. The van der Waals surface area contributed by atoms with E-state index in [1.54, 1.807) is 7.11 Å². The molecule has 0 saturated carbocycles. The van der Waals surface area contributed by atoms with Gasteiger partial charge in [-0.1, -0.05) is 26.2 Å². The molecule has 0 N–H and O–H groups in total. The Balaban J connectivity index is 2.89. The molecule has 0 rings (SSSR count). The van der Waals surface area contributed by atoms with Gasteiger partial charge in [-0.15, -0.1) is 0 Å². The first-order valence-electron chi connectivity index (χ1n) is 4.45. The van der Waals surface area contributed by atoms with Crippen LogP contribution < -0.4 is 0 Å². The number of unbranched alkanes of at least 4 members (excludes halogenated alkanes) is 3. The lowest BCUT2D eigenvalue weighted by Gasteiger charge is -2.09. The van der Waals surface area contributed by atoms with E-state index in [1.165, 1.54) is 19.3 Å². The van der Waals surface area contributed by atoms with Crippen molar-refractivity contribution in [1.82, 2.24) is 0 Å². The Morgan fingerprint density at radius 1 is 1.18 bits per heavy atom. The summed E-state index contributed by atoms with van der Waals surface area (Å²) in [6.07, 6.45) is 4.97. The summed E-state index contributed by atoms with van der Waals surface area (Å²) in [4.78, 5) is 0. The molecule has 0 aliphatic carbocycles. The minimum atomic E-state index is -0.0448. The molecule has 0 aromatic carbocycles. The van der Waals surface area contributed by atoms with Crippen LogP contribution in [0.5, 0.6) is 0 Å². The predicted molar refractivity (Wildman–Crippen MR) is 46.6 cm³/mol. The van der Waals surface area contributed by atoms with Gasteiger partial charge >= 0.3 is 0 Å². The average Bonchev–Trinajstić information content (AvgIpc) is 2.04. The number of hydrogen-bond acceptors (Lipinski definition) is 2. The van der Waals surface area contributed by atoms with Crippen LogP contribution in [0.25, 0.3) is 0 Å². The summed E-state index contributed by atoms with van der Waals surface area (Å²) >= 11 is 0. The van der Waals surface area contributed by atoms with Gasteiger partial charge in [0.25, 0.3) is 0 Å². The van der Waals surface area contributed by atoms with Gasteiger partial charge in [0.2, 0.25) is 0 Å². The monoisotopic (exact) mass is 160 g/mol. The summed E-state index contributed by atoms with van der Waals surface area (Å²) in [5.74, 6) is 0. The molecule has 11 heavy (non-hydrogen) atoms. The smallest absolute Gasteiger partial charge is 0.154 e. The molecule has 1 atom stereocenters. The third-order valence-corrected chi connectivity index (χ3v) is 1.68. The maximum atomic E-state index is 5.32. The molecule has 0 amide bonds. The molecule has 0 aromatic heterocycles. The van der Waals surface area contributed by atoms with Crippen molar-refractivity contribution < 1.29 is 9.47 Å². The predicted octanol–water partition coefficient (Wildman–Crippen LogP) is 2.58. The molecule has 68 valence electrons. The number of ether oxygens (including phenoxy) is 2. The summed E-state index contributed by atoms with van der Waals surface area (Å²) in [6, 6.07) is 0. The standard InChI is InChI=1S/C9H20O2/c1-4-5-6-7-8-11-9(2)10-3/h9H,4-8H2,1-3H3. The van der Waals surface area contributed by atoms with Crippen molar-refractivity contribution in [3.63, 3.8) is 0 Å². The van der Waals surface area contributed by atoms with Crippen molar-refractivity contribution in [2.75, 3.05) is 13.7 Å². The van der Waals surface area contributed by atoms with Gasteiger partial charge in [-0.2, -0.15) is 0 Å². The zero-order chi connectivity index (χ0) is 8.53. The molecule has 0 fully saturated rings. The van der Waals surface area contributed by atoms with E-state index in [-0.39, 0.29) is 6.29 Å². The van der Waals surface area contributed by atoms with E-state index < -0.39 is 0 Å². The molecule has 0 aromatic rings. The van der Waals surface area contributed by atoms with Crippen molar-refractivity contribution in [3.05, 3.63) is 0 Å². The van der Waals surface area contributed by atoms with Gasteiger partial charge in [-0.25, -0.2) is 0 Å². The van der Waals surface area contributed by atoms with Crippen LogP contribution in [0, 0.1) is 0 Å². The van der Waals surface area contributed by atoms with Gasteiger partial charge in [0.1, 0.15) is 0 Å². The minimum Gasteiger partial charge on any atom is -0.356 e. The minimum absolute atomic E-state index is 0.0448. The van der Waals surface area contributed by atoms with Crippen LogP contribution in [-0.2, 0) is 9.47 Å². The Morgan fingerprint density at radius 2 is 1.91 bits per heavy atom.